The summed E-state index contributed by atoms with van der Waals surface area (Å²) < 4.78 is 0. The van der Waals surface area contributed by atoms with E-state index in [0.29, 0.717) is 16.4 Å². The van der Waals surface area contributed by atoms with Crippen LogP contribution in [0.2, 0.25) is 5.02 Å². The molecule has 0 fully saturated rings. The molecule has 0 bridgehead atoms. The van der Waals surface area contributed by atoms with E-state index in [0.717, 1.165) is 10.5 Å². The molecule has 118 valence electrons. The summed E-state index contributed by atoms with van der Waals surface area (Å²) in [6.07, 6.45) is 3.10. The summed E-state index contributed by atoms with van der Waals surface area (Å²) in [7, 11) is 0. The largest absolute Gasteiger partial charge is 0.399 e. The molecule has 2 aromatic carbocycles. The predicted octanol–water partition coefficient (Wildman–Crippen LogP) is 3.66. The van der Waals surface area contributed by atoms with E-state index in [1.807, 2.05) is 18.2 Å². The fourth-order valence-corrected chi connectivity index (χ4v) is 2.14. The van der Waals surface area contributed by atoms with Crippen molar-refractivity contribution in [1.29, 1.82) is 0 Å². The molecule has 0 aliphatic rings. The highest BCUT2D eigenvalue weighted by Gasteiger charge is 2.18. The van der Waals surface area contributed by atoms with E-state index in [1.165, 1.54) is 13.1 Å². The van der Waals surface area contributed by atoms with Gasteiger partial charge in [0.05, 0.1) is 5.69 Å². The van der Waals surface area contributed by atoms with Crippen LogP contribution in [0.4, 0.5) is 16.2 Å². The molecule has 0 atom stereocenters. The number of halogens is 1. The van der Waals surface area contributed by atoms with Gasteiger partial charge in [0.1, 0.15) is 0 Å². The number of carbonyl (C=O) groups is 2. The van der Waals surface area contributed by atoms with Crippen LogP contribution < -0.4 is 16.0 Å². The van der Waals surface area contributed by atoms with Crippen molar-refractivity contribution >= 4 is 41.0 Å². The van der Waals surface area contributed by atoms with E-state index in [1.54, 1.807) is 36.4 Å². The Morgan fingerprint density at radius 3 is 2.39 bits per heavy atom. The summed E-state index contributed by atoms with van der Waals surface area (Å²) in [6.45, 7) is 1.31. The molecule has 5 nitrogen and oxygen atoms in total. The molecule has 23 heavy (non-hydrogen) atoms. The van der Waals surface area contributed by atoms with Gasteiger partial charge in [0.25, 0.3) is 0 Å². The van der Waals surface area contributed by atoms with Gasteiger partial charge in [-0.25, -0.2) is 9.69 Å². The number of rotatable bonds is 3. The number of nitrogens with two attached hydrogens (primary N) is 1. The fourth-order valence-electron chi connectivity index (χ4n) is 1.94. The zero-order valence-corrected chi connectivity index (χ0v) is 13.2. The van der Waals surface area contributed by atoms with Gasteiger partial charge in [-0.2, -0.15) is 0 Å². The molecule has 0 aromatic heterocycles. The number of imide groups is 1. The van der Waals surface area contributed by atoms with Gasteiger partial charge in [-0.05, 0) is 42.0 Å². The molecule has 0 aliphatic carbocycles. The van der Waals surface area contributed by atoms with Crippen LogP contribution >= 0.6 is 11.6 Å². The molecular formula is C17H16ClN3O2. The maximum Gasteiger partial charge on any atom is 0.332 e. The van der Waals surface area contributed by atoms with E-state index < -0.39 is 11.9 Å². The standard InChI is InChI=1S/C17H16ClN3O2/c1-12(22)21(15-8-6-14(19)7-9-15)17(23)20-11-10-13-4-2-3-5-16(13)18/h2-11H,19H2,1H3,(H,20,23)/b11-10+. The highest BCUT2D eigenvalue weighted by molar-refractivity contribution is 6.32. The van der Waals surface area contributed by atoms with Gasteiger partial charge in [-0.1, -0.05) is 29.8 Å². The van der Waals surface area contributed by atoms with E-state index >= 15 is 0 Å². The van der Waals surface area contributed by atoms with Crippen molar-refractivity contribution < 1.29 is 9.59 Å². The first-order chi connectivity index (χ1) is 11.0. The lowest BCUT2D eigenvalue weighted by Gasteiger charge is -2.18. The Hall–Kier alpha value is -2.79. The van der Waals surface area contributed by atoms with Crippen molar-refractivity contribution in [1.82, 2.24) is 5.32 Å². The highest BCUT2D eigenvalue weighted by atomic mass is 35.5. The third kappa shape index (κ3) is 4.34. The lowest BCUT2D eigenvalue weighted by Crippen LogP contribution is -2.40. The zero-order chi connectivity index (χ0) is 16.8. The fraction of sp³-hybridized carbons (Fsp3) is 0.0588. The Balaban J connectivity index is 2.12. The van der Waals surface area contributed by atoms with Gasteiger partial charge in [-0.3, -0.25) is 4.79 Å². The van der Waals surface area contributed by atoms with Crippen molar-refractivity contribution in [2.24, 2.45) is 0 Å². The molecule has 0 saturated carbocycles. The van der Waals surface area contributed by atoms with Gasteiger partial charge in [-0.15, -0.1) is 0 Å². The van der Waals surface area contributed by atoms with Crippen molar-refractivity contribution in [3.63, 3.8) is 0 Å². The molecule has 3 N–H and O–H groups in total. The minimum absolute atomic E-state index is 0.404. The molecule has 6 heteroatoms. The minimum Gasteiger partial charge on any atom is -0.399 e. The predicted molar refractivity (Wildman–Crippen MR) is 93.0 cm³/mol. The van der Waals surface area contributed by atoms with E-state index in [-0.39, 0.29) is 0 Å². The first-order valence-electron chi connectivity index (χ1n) is 6.87. The van der Waals surface area contributed by atoms with E-state index in [2.05, 4.69) is 5.32 Å². The Bertz CT molecular complexity index is 742. The van der Waals surface area contributed by atoms with Crippen LogP contribution in [0.15, 0.2) is 54.7 Å². The SMILES string of the molecule is CC(=O)N(C(=O)N/C=C/c1ccccc1Cl)c1ccc(N)cc1. The maximum absolute atomic E-state index is 12.2. The van der Waals surface area contributed by atoms with Crippen molar-refractivity contribution in [3.8, 4) is 0 Å². The first-order valence-corrected chi connectivity index (χ1v) is 7.24. The number of nitrogens with zero attached hydrogens (tertiary/aromatic N) is 1. The highest BCUT2D eigenvalue weighted by Crippen LogP contribution is 2.18. The maximum atomic E-state index is 12.2. The summed E-state index contributed by atoms with van der Waals surface area (Å²) in [6, 6.07) is 13.1. The minimum atomic E-state index is -0.564. The van der Waals surface area contributed by atoms with Gasteiger partial charge in [0.2, 0.25) is 5.91 Å². The summed E-state index contributed by atoms with van der Waals surface area (Å²) in [5.74, 6) is -0.404. The third-order valence-electron chi connectivity index (χ3n) is 3.04. The normalized spacial score (nSPS) is 10.5. The topological polar surface area (TPSA) is 75.4 Å². The quantitative estimate of drug-likeness (QED) is 0.844. The summed E-state index contributed by atoms with van der Waals surface area (Å²) in [5.41, 5.74) is 7.36. The number of anilines is 2. The third-order valence-corrected chi connectivity index (χ3v) is 3.39. The van der Waals surface area contributed by atoms with Crippen LogP contribution in [-0.2, 0) is 4.79 Å². The number of nitrogen functional groups attached to an aromatic ring is 1. The van der Waals surface area contributed by atoms with Crippen LogP contribution in [-0.4, -0.2) is 11.9 Å². The first kappa shape index (κ1) is 16.6. The summed E-state index contributed by atoms with van der Waals surface area (Å²) in [5, 5.41) is 3.12. The van der Waals surface area contributed by atoms with Crippen molar-refractivity contribution in [2.75, 3.05) is 10.6 Å². The number of hydrogen-bond donors (Lipinski definition) is 2. The Morgan fingerprint density at radius 1 is 1.13 bits per heavy atom. The molecule has 0 aliphatic heterocycles. The molecule has 2 aromatic rings. The van der Waals surface area contributed by atoms with E-state index in [9.17, 15) is 9.59 Å². The van der Waals surface area contributed by atoms with Crippen LogP contribution in [0.25, 0.3) is 6.08 Å². The smallest absolute Gasteiger partial charge is 0.332 e. The van der Waals surface area contributed by atoms with E-state index in [4.69, 9.17) is 17.3 Å². The van der Waals surface area contributed by atoms with Crippen LogP contribution in [0.1, 0.15) is 12.5 Å². The molecule has 0 radical (unpaired) electrons. The summed E-state index contributed by atoms with van der Waals surface area (Å²) >= 11 is 6.02. The number of hydrogen-bond acceptors (Lipinski definition) is 3. The number of carbonyl (C=O) groups excluding carboxylic acids is 2. The average Bonchev–Trinajstić information content (AvgIpc) is 2.51. The summed E-state index contributed by atoms with van der Waals surface area (Å²) in [4.78, 5) is 25.0. The molecule has 0 saturated heterocycles. The molecule has 0 unspecified atom stereocenters. The zero-order valence-electron chi connectivity index (χ0n) is 12.5. The van der Waals surface area contributed by atoms with Crippen LogP contribution in [0, 0.1) is 0 Å². The number of amides is 3. The molecule has 2 rings (SSSR count). The van der Waals surface area contributed by atoms with Crippen LogP contribution in [0.3, 0.4) is 0 Å². The van der Waals surface area contributed by atoms with Crippen molar-refractivity contribution in [2.45, 2.75) is 6.92 Å². The number of urea groups is 1. The second-order valence-electron chi connectivity index (χ2n) is 4.75. The second kappa shape index (κ2) is 7.47. The lowest BCUT2D eigenvalue weighted by molar-refractivity contribution is -0.115. The second-order valence-corrected chi connectivity index (χ2v) is 5.16. The van der Waals surface area contributed by atoms with Crippen molar-refractivity contribution in [3.05, 3.63) is 65.3 Å². The molecular weight excluding hydrogens is 314 g/mol. The molecule has 3 amide bonds. The Kier molecular flexibility index (Phi) is 5.38. The monoisotopic (exact) mass is 329 g/mol. The molecule has 0 spiro atoms. The van der Waals surface area contributed by atoms with Gasteiger partial charge in [0.15, 0.2) is 0 Å². The molecule has 0 heterocycles. The lowest BCUT2D eigenvalue weighted by atomic mass is 10.2. The Labute approximate surface area is 139 Å². The van der Waals surface area contributed by atoms with Crippen LogP contribution in [0.5, 0.6) is 0 Å². The number of benzene rings is 2. The number of nitrogens with one attached hydrogen (secondary N) is 1. The average molecular weight is 330 g/mol. The van der Waals surface area contributed by atoms with Gasteiger partial charge in [0, 0.05) is 23.8 Å². The van der Waals surface area contributed by atoms with Gasteiger partial charge < -0.3 is 11.1 Å². The van der Waals surface area contributed by atoms with Gasteiger partial charge >= 0.3 is 6.03 Å². The Morgan fingerprint density at radius 2 is 1.78 bits per heavy atom.